The molecule has 3 rings (SSSR count). The summed E-state index contributed by atoms with van der Waals surface area (Å²) in [4.78, 5) is 14.5. The van der Waals surface area contributed by atoms with Gasteiger partial charge in [-0.25, -0.2) is 0 Å². The van der Waals surface area contributed by atoms with E-state index in [1.54, 1.807) is 19.2 Å². The zero-order valence-electron chi connectivity index (χ0n) is 11.7. The Balaban J connectivity index is 1.86. The lowest BCUT2D eigenvalue weighted by atomic mass is 10.0. The van der Waals surface area contributed by atoms with Gasteiger partial charge in [-0.05, 0) is 58.6 Å². The van der Waals surface area contributed by atoms with Crippen LogP contribution in [0.1, 0.15) is 35.0 Å². The fourth-order valence-corrected chi connectivity index (χ4v) is 3.08. The Morgan fingerprint density at radius 3 is 2.95 bits per heavy atom. The molecule has 1 aliphatic heterocycles. The van der Waals surface area contributed by atoms with Gasteiger partial charge < -0.3 is 14.1 Å². The van der Waals surface area contributed by atoms with Crippen LogP contribution in [0.4, 0.5) is 0 Å². The number of hydrogen-bond donors (Lipinski definition) is 0. The molecule has 1 aliphatic rings. The maximum absolute atomic E-state index is 12.6. The van der Waals surface area contributed by atoms with Crippen molar-refractivity contribution in [2.75, 3.05) is 13.7 Å². The molecule has 0 spiro atoms. The molecule has 1 atom stereocenters. The van der Waals surface area contributed by atoms with E-state index in [-0.39, 0.29) is 11.9 Å². The van der Waals surface area contributed by atoms with Crippen LogP contribution in [0.2, 0.25) is 0 Å². The second-order valence-electron chi connectivity index (χ2n) is 5.04. The maximum atomic E-state index is 12.6. The fourth-order valence-electron chi connectivity index (χ4n) is 2.78. The average Bonchev–Trinajstić information content (AvgIpc) is 3.15. The van der Waals surface area contributed by atoms with E-state index < -0.39 is 0 Å². The van der Waals surface area contributed by atoms with Crippen LogP contribution in [0.5, 0.6) is 5.75 Å². The molecule has 110 valence electrons. The van der Waals surface area contributed by atoms with E-state index in [2.05, 4.69) is 15.9 Å². The number of methoxy groups -OCH3 is 1. The number of ether oxygens (including phenoxy) is 1. The highest BCUT2D eigenvalue weighted by molar-refractivity contribution is 9.10. The van der Waals surface area contributed by atoms with Gasteiger partial charge in [0.25, 0.3) is 5.91 Å². The summed E-state index contributed by atoms with van der Waals surface area (Å²) in [6.07, 6.45) is 1.95. The first-order valence-corrected chi connectivity index (χ1v) is 7.68. The molecular weight excluding hydrogens is 334 g/mol. The van der Waals surface area contributed by atoms with Gasteiger partial charge in [-0.1, -0.05) is 12.1 Å². The minimum Gasteiger partial charge on any atom is -0.497 e. The maximum Gasteiger partial charge on any atom is 0.290 e. The highest BCUT2D eigenvalue weighted by atomic mass is 79.9. The highest BCUT2D eigenvalue weighted by Gasteiger charge is 2.32. The van der Waals surface area contributed by atoms with E-state index in [0.29, 0.717) is 10.4 Å². The quantitative estimate of drug-likeness (QED) is 0.840. The predicted molar refractivity (Wildman–Crippen MR) is 82.4 cm³/mol. The first-order valence-electron chi connectivity index (χ1n) is 6.89. The smallest absolute Gasteiger partial charge is 0.290 e. The van der Waals surface area contributed by atoms with E-state index in [0.717, 1.165) is 30.7 Å². The second kappa shape index (κ2) is 5.93. The minimum atomic E-state index is -0.0639. The Hall–Kier alpha value is -1.75. The third-order valence-corrected chi connectivity index (χ3v) is 4.20. The number of halogens is 1. The Kier molecular flexibility index (Phi) is 4.01. The van der Waals surface area contributed by atoms with Gasteiger partial charge >= 0.3 is 0 Å². The molecule has 0 bridgehead atoms. The average molecular weight is 350 g/mol. The monoisotopic (exact) mass is 349 g/mol. The van der Waals surface area contributed by atoms with Crippen molar-refractivity contribution in [2.45, 2.75) is 18.9 Å². The molecule has 1 fully saturated rings. The molecule has 2 heterocycles. The van der Waals surface area contributed by atoms with Gasteiger partial charge in [0.15, 0.2) is 10.4 Å². The highest BCUT2D eigenvalue weighted by Crippen LogP contribution is 2.34. The number of benzene rings is 1. The lowest BCUT2D eigenvalue weighted by Gasteiger charge is -2.24. The van der Waals surface area contributed by atoms with Crippen molar-refractivity contribution in [3.63, 3.8) is 0 Å². The number of amides is 1. The topological polar surface area (TPSA) is 42.7 Å². The second-order valence-corrected chi connectivity index (χ2v) is 5.82. The number of rotatable bonds is 3. The van der Waals surface area contributed by atoms with Crippen molar-refractivity contribution in [2.24, 2.45) is 0 Å². The molecule has 0 radical (unpaired) electrons. The van der Waals surface area contributed by atoms with Gasteiger partial charge in [0.1, 0.15) is 5.75 Å². The van der Waals surface area contributed by atoms with Crippen LogP contribution in [0.3, 0.4) is 0 Å². The van der Waals surface area contributed by atoms with Crippen LogP contribution in [0.15, 0.2) is 45.5 Å². The molecule has 21 heavy (non-hydrogen) atoms. The SMILES string of the molecule is COc1cccc([C@@H]2CCCN2C(=O)c2ccc(Br)o2)c1. The Morgan fingerprint density at radius 1 is 1.38 bits per heavy atom. The van der Waals surface area contributed by atoms with Crippen molar-refractivity contribution >= 4 is 21.8 Å². The van der Waals surface area contributed by atoms with Crippen LogP contribution in [0, 0.1) is 0 Å². The van der Waals surface area contributed by atoms with Crippen LogP contribution in [-0.4, -0.2) is 24.5 Å². The van der Waals surface area contributed by atoms with Gasteiger partial charge in [0.2, 0.25) is 0 Å². The summed E-state index contributed by atoms with van der Waals surface area (Å²) in [6, 6.07) is 11.4. The lowest BCUT2D eigenvalue weighted by Crippen LogP contribution is -2.30. The van der Waals surface area contributed by atoms with Crippen LogP contribution >= 0.6 is 15.9 Å². The van der Waals surface area contributed by atoms with Crippen LogP contribution < -0.4 is 4.74 Å². The van der Waals surface area contributed by atoms with Crippen LogP contribution in [0.25, 0.3) is 0 Å². The first-order chi connectivity index (χ1) is 10.2. The van der Waals surface area contributed by atoms with Gasteiger partial charge in [0, 0.05) is 6.54 Å². The molecule has 0 N–H and O–H groups in total. The molecule has 0 aliphatic carbocycles. The van der Waals surface area contributed by atoms with Crippen molar-refractivity contribution in [1.82, 2.24) is 4.90 Å². The summed E-state index contributed by atoms with van der Waals surface area (Å²) in [7, 11) is 1.65. The third kappa shape index (κ3) is 2.83. The van der Waals surface area contributed by atoms with Gasteiger partial charge in [0.05, 0.1) is 13.2 Å². The zero-order valence-corrected chi connectivity index (χ0v) is 13.3. The fraction of sp³-hybridized carbons (Fsp3) is 0.312. The largest absolute Gasteiger partial charge is 0.497 e. The number of likely N-dealkylation sites (tertiary alicyclic amines) is 1. The standard InChI is InChI=1S/C16H16BrNO3/c1-20-12-5-2-4-11(10-12)13-6-3-9-18(13)16(19)14-7-8-15(17)21-14/h2,4-5,7-8,10,13H,3,6,9H2,1H3/t13-/m0/s1. The van der Waals surface area contributed by atoms with Crippen molar-refractivity contribution < 1.29 is 13.9 Å². The number of furan rings is 1. The molecule has 1 amide bonds. The Morgan fingerprint density at radius 2 is 2.24 bits per heavy atom. The van der Waals surface area contributed by atoms with Crippen molar-refractivity contribution in [3.05, 3.63) is 52.4 Å². The number of carbonyl (C=O) groups excluding carboxylic acids is 1. The van der Waals surface area contributed by atoms with E-state index >= 15 is 0 Å². The molecular formula is C16H16BrNO3. The van der Waals surface area contributed by atoms with Crippen molar-refractivity contribution in [1.29, 1.82) is 0 Å². The van der Waals surface area contributed by atoms with Gasteiger partial charge in [-0.2, -0.15) is 0 Å². The lowest BCUT2D eigenvalue weighted by molar-refractivity contribution is 0.0701. The molecule has 4 nitrogen and oxygen atoms in total. The summed E-state index contributed by atoms with van der Waals surface area (Å²) in [5, 5.41) is 0. The molecule has 1 saturated heterocycles. The molecule has 1 aromatic carbocycles. The molecule has 5 heteroatoms. The third-order valence-electron chi connectivity index (χ3n) is 3.78. The minimum absolute atomic E-state index is 0.0639. The summed E-state index contributed by atoms with van der Waals surface area (Å²) in [5.41, 5.74) is 1.10. The molecule has 0 saturated carbocycles. The van der Waals surface area contributed by atoms with Crippen molar-refractivity contribution in [3.8, 4) is 5.75 Å². The molecule has 2 aromatic rings. The van der Waals surface area contributed by atoms with E-state index in [1.807, 2.05) is 29.2 Å². The summed E-state index contributed by atoms with van der Waals surface area (Å²) >= 11 is 3.23. The number of nitrogens with zero attached hydrogens (tertiary/aromatic N) is 1. The van der Waals surface area contributed by atoms with Crippen LogP contribution in [-0.2, 0) is 0 Å². The van der Waals surface area contributed by atoms with E-state index in [4.69, 9.17) is 9.15 Å². The summed E-state index contributed by atoms with van der Waals surface area (Å²) < 4.78 is 11.2. The molecule has 1 aromatic heterocycles. The number of hydrogen-bond acceptors (Lipinski definition) is 3. The molecule has 0 unspecified atom stereocenters. The Labute approximate surface area is 131 Å². The Bertz CT molecular complexity index is 652. The normalized spacial score (nSPS) is 18.0. The van der Waals surface area contributed by atoms with Gasteiger partial charge in [-0.3, -0.25) is 4.79 Å². The first kappa shape index (κ1) is 14.2. The predicted octanol–water partition coefficient (Wildman–Crippen LogP) is 4.03. The summed E-state index contributed by atoms with van der Waals surface area (Å²) in [5.74, 6) is 1.12. The van der Waals surface area contributed by atoms with Gasteiger partial charge in [-0.15, -0.1) is 0 Å². The zero-order chi connectivity index (χ0) is 14.8. The number of carbonyl (C=O) groups is 1. The van der Waals surface area contributed by atoms with E-state index in [9.17, 15) is 4.79 Å². The van der Waals surface area contributed by atoms with E-state index in [1.165, 1.54) is 0 Å². The summed E-state index contributed by atoms with van der Waals surface area (Å²) in [6.45, 7) is 0.749.